The van der Waals surface area contributed by atoms with Crippen LogP contribution in [0.4, 0.5) is 0 Å². The molecule has 2 aromatic carbocycles. The second kappa shape index (κ2) is 9.88. The van der Waals surface area contributed by atoms with E-state index < -0.39 is 5.97 Å². The highest BCUT2D eigenvalue weighted by atomic mass is 35.5. The predicted octanol–water partition coefficient (Wildman–Crippen LogP) is 4.63. The topological polar surface area (TPSA) is 49.8 Å². The highest BCUT2D eigenvalue weighted by Gasteiger charge is 2.25. The third-order valence-corrected chi connectivity index (χ3v) is 5.29. The number of benzene rings is 2. The number of halogens is 1. The summed E-state index contributed by atoms with van der Waals surface area (Å²) >= 11 is 6.02. The number of carboxylic acid groups (broad SMARTS) is 1. The van der Waals surface area contributed by atoms with Gasteiger partial charge in [-0.15, -0.1) is 0 Å². The fraction of sp³-hybridized carbons (Fsp3) is 0.409. The Hall–Kier alpha value is -1.88. The van der Waals surface area contributed by atoms with Crippen molar-refractivity contribution in [2.24, 2.45) is 5.92 Å². The third kappa shape index (κ3) is 5.80. The van der Waals surface area contributed by atoms with Crippen LogP contribution < -0.4 is 0 Å². The van der Waals surface area contributed by atoms with E-state index in [1.54, 1.807) is 0 Å². The number of ether oxygens (including phenoxy) is 1. The van der Waals surface area contributed by atoms with Gasteiger partial charge in [-0.3, -0.25) is 4.79 Å². The Morgan fingerprint density at radius 2 is 1.85 bits per heavy atom. The van der Waals surface area contributed by atoms with Gasteiger partial charge in [-0.1, -0.05) is 54.1 Å². The fourth-order valence-electron chi connectivity index (χ4n) is 3.60. The van der Waals surface area contributed by atoms with Crippen molar-refractivity contribution < 1.29 is 14.6 Å². The lowest BCUT2D eigenvalue weighted by Crippen LogP contribution is -2.39. The number of hydrogen-bond acceptors (Lipinski definition) is 3. The molecule has 1 heterocycles. The Balaban J connectivity index is 1.55. The number of carbonyl (C=O) groups is 1. The number of rotatable bonds is 8. The van der Waals surface area contributed by atoms with Crippen molar-refractivity contribution in [2.75, 3.05) is 26.2 Å². The normalized spacial score (nSPS) is 18.9. The zero-order chi connectivity index (χ0) is 19.1. The summed E-state index contributed by atoms with van der Waals surface area (Å²) < 4.78 is 6.23. The molecule has 2 aromatic rings. The van der Waals surface area contributed by atoms with Crippen LogP contribution in [-0.2, 0) is 9.53 Å². The van der Waals surface area contributed by atoms with Crippen LogP contribution in [0.3, 0.4) is 0 Å². The molecule has 1 aliphatic heterocycles. The van der Waals surface area contributed by atoms with Gasteiger partial charge < -0.3 is 14.7 Å². The summed E-state index contributed by atoms with van der Waals surface area (Å²) in [5.41, 5.74) is 2.19. The molecular formula is C22H26ClNO3. The van der Waals surface area contributed by atoms with Crippen molar-refractivity contribution in [1.82, 2.24) is 4.90 Å². The maximum Gasteiger partial charge on any atom is 0.307 e. The monoisotopic (exact) mass is 387 g/mol. The summed E-state index contributed by atoms with van der Waals surface area (Å²) in [6, 6.07) is 17.9. The summed E-state index contributed by atoms with van der Waals surface area (Å²) in [5.74, 6) is -0.909. The molecule has 1 N–H and O–H groups in total. The summed E-state index contributed by atoms with van der Waals surface area (Å²) in [6.07, 6.45) is 2.49. The molecule has 1 saturated heterocycles. The van der Waals surface area contributed by atoms with Crippen molar-refractivity contribution in [3.05, 3.63) is 70.7 Å². The van der Waals surface area contributed by atoms with Crippen molar-refractivity contribution in [1.29, 1.82) is 0 Å². The van der Waals surface area contributed by atoms with Gasteiger partial charge in [0.1, 0.15) is 6.10 Å². The number of nitrogens with zero attached hydrogens (tertiary/aromatic N) is 1. The fourth-order valence-corrected chi connectivity index (χ4v) is 3.73. The lowest BCUT2D eigenvalue weighted by atomic mass is 9.98. The molecule has 144 valence electrons. The maximum atomic E-state index is 11.2. The molecule has 0 bridgehead atoms. The zero-order valence-electron chi connectivity index (χ0n) is 15.4. The number of piperidine rings is 1. The third-order valence-electron chi connectivity index (χ3n) is 5.03. The molecule has 2 unspecified atom stereocenters. The molecule has 0 aromatic heterocycles. The second-order valence-electron chi connectivity index (χ2n) is 7.04. The molecule has 0 radical (unpaired) electrons. The molecule has 0 saturated carbocycles. The first kappa shape index (κ1) is 19.9. The van der Waals surface area contributed by atoms with Crippen LogP contribution in [0, 0.1) is 5.92 Å². The number of carboxylic acids is 1. The van der Waals surface area contributed by atoms with Gasteiger partial charge >= 0.3 is 5.97 Å². The van der Waals surface area contributed by atoms with Crippen LogP contribution in [0.25, 0.3) is 0 Å². The minimum atomic E-state index is -0.678. The van der Waals surface area contributed by atoms with E-state index in [2.05, 4.69) is 17.0 Å². The van der Waals surface area contributed by atoms with Crippen LogP contribution in [0.5, 0.6) is 0 Å². The van der Waals surface area contributed by atoms with E-state index in [4.69, 9.17) is 16.3 Å². The summed E-state index contributed by atoms with van der Waals surface area (Å²) in [4.78, 5) is 13.4. The Bertz CT molecular complexity index is 720. The van der Waals surface area contributed by atoms with Gasteiger partial charge in [-0.2, -0.15) is 0 Å². The molecule has 3 rings (SSSR count). The van der Waals surface area contributed by atoms with Crippen LogP contribution in [0.2, 0.25) is 5.02 Å². The van der Waals surface area contributed by atoms with Gasteiger partial charge in [0.2, 0.25) is 0 Å². The Labute approximate surface area is 165 Å². The predicted molar refractivity (Wildman–Crippen MR) is 107 cm³/mol. The average molecular weight is 388 g/mol. The van der Waals surface area contributed by atoms with Crippen LogP contribution in [-0.4, -0.2) is 42.2 Å². The zero-order valence-corrected chi connectivity index (χ0v) is 16.1. The number of likely N-dealkylation sites (tertiary alicyclic amines) is 1. The molecule has 1 fully saturated rings. The first-order chi connectivity index (χ1) is 13.1. The first-order valence-corrected chi connectivity index (χ1v) is 9.88. The second-order valence-corrected chi connectivity index (χ2v) is 7.48. The Morgan fingerprint density at radius 1 is 1.15 bits per heavy atom. The van der Waals surface area contributed by atoms with Crippen molar-refractivity contribution in [3.63, 3.8) is 0 Å². The van der Waals surface area contributed by atoms with E-state index in [-0.39, 0.29) is 12.0 Å². The van der Waals surface area contributed by atoms with Gasteiger partial charge in [0, 0.05) is 24.7 Å². The van der Waals surface area contributed by atoms with Crippen LogP contribution in [0.15, 0.2) is 54.6 Å². The van der Waals surface area contributed by atoms with Crippen LogP contribution >= 0.6 is 11.6 Å². The molecule has 27 heavy (non-hydrogen) atoms. The molecular weight excluding hydrogens is 362 g/mol. The van der Waals surface area contributed by atoms with Gasteiger partial charge in [0.15, 0.2) is 0 Å². The quantitative estimate of drug-likeness (QED) is 0.671. The summed E-state index contributed by atoms with van der Waals surface area (Å²) in [5, 5.41) is 9.92. The lowest BCUT2D eigenvalue weighted by molar-refractivity contribution is -0.143. The summed E-state index contributed by atoms with van der Waals surface area (Å²) in [7, 11) is 0. The van der Waals surface area contributed by atoms with Crippen molar-refractivity contribution in [2.45, 2.75) is 25.4 Å². The van der Waals surface area contributed by atoms with E-state index in [0.29, 0.717) is 18.2 Å². The SMILES string of the molecule is O=C(O)C1CCCN(CCCOC(c2ccccc2)c2ccc(Cl)cc2)C1. The smallest absolute Gasteiger partial charge is 0.307 e. The number of hydrogen-bond donors (Lipinski definition) is 1. The van der Waals surface area contributed by atoms with E-state index in [9.17, 15) is 9.90 Å². The molecule has 0 amide bonds. The van der Waals surface area contributed by atoms with E-state index >= 15 is 0 Å². The first-order valence-electron chi connectivity index (χ1n) is 9.50. The van der Waals surface area contributed by atoms with Gasteiger partial charge in [-0.05, 0) is 49.1 Å². The number of aliphatic carboxylic acids is 1. The molecule has 1 aliphatic rings. The van der Waals surface area contributed by atoms with Gasteiger partial charge in [-0.25, -0.2) is 0 Å². The molecule has 0 spiro atoms. The minimum Gasteiger partial charge on any atom is -0.481 e. The van der Waals surface area contributed by atoms with E-state index in [1.807, 2.05) is 42.5 Å². The molecule has 4 nitrogen and oxygen atoms in total. The van der Waals surface area contributed by atoms with Gasteiger partial charge in [0.25, 0.3) is 0 Å². The lowest BCUT2D eigenvalue weighted by Gasteiger charge is -2.30. The van der Waals surface area contributed by atoms with Crippen molar-refractivity contribution in [3.8, 4) is 0 Å². The summed E-state index contributed by atoms with van der Waals surface area (Å²) in [6.45, 7) is 3.11. The van der Waals surface area contributed by atoms with E-state index in [0.717, 1.165) is 43.5 Å². The van der Waals surface area contributed by atoms with Gasteiger partial charge in [0.05, 0.1) is 5.92 Å². The van der Waals surface area contributed by atoms with Crippen molar-refractivity contribution >= 4 is 17.6 Å². The standard InChI is InChI=1S/C22H26ClNO3/c23-20-11-9-18(10-12-20)21(17-6-2-1-3-7-17)27-15-5-14-24-13-4-8-19(16-24)22(25)26/h1-3,6-7,9-12,19,21H,4-5,8,13-16H2,(H,25,26). The van der Waals surface area contributed by atoms with Crippen LogP contribution in [0.1, 0.15) is 36.5 Å². The highest BCUT2D eigenvalue weighted by molar-refractivity contribution is 6.30. The highest BCUT2D eigenvalue weighted by Crippen LogP contribution is 2.27. The molecule has 0 aliphatic carbocycles. The molecule has 2 atom stereocenters. The van der Waals surface area contributed by atoms with E-state index in [1.165, 1.54) is 0 Å². The average Bonchev–Trinajstić information content (AvgIpc) is 2.70. The molecule has 5 heteroatoms. The Morgan fingerprint density at radius 3 is 2.56 bits per heavy atom. The maximum absolute atomic E-state index is 11.2. The minimum absolute atomic E-state index is 0.128. The largest absolute Gasteiger partial charge is 0.481 e. The Kier molecular flexibility index (Phi) is 7.27.